The summed E-state index contributed by atoms with van der Waals surface area (Å²) >= 11 is 3.41. The van der Waals surface area contributed by atoms with Crippen LogP contribution in [0.3, 0.4) is 0 Å². The van der Waals surface area contributed by atoms with Gasteiger partial charge in [0.2, 0.25) is 0 Å². The van der Waals surface area contributed by atoms with E-state index in [9.17, 15) is 4.79 Å². The van der Waals surface area contributed by atoms with E-state index in [2.05, 4.69) is 56.8 Å². The summed E-state index contributed by atoms with van der Waals surface area (Å²) in [6.07, 6.45) is 1.63. The molecule has 0 spiro atoms. The summed E-state index contributed by atoms with van der Waals surface area (Å²) < 4.78 is 6.73. The van der Waals surface area contributed by atoms with Crippen molar-refractivity contribution in [2.24, 2.45) is 5.10 Å². The molecule has 0 aromatic heterocycles. The molecule has 1 amide bonds. The van der Waals surface area contributed by atoms with Crippen molar-refractivity contribution in [2.75, 3.05) is 0 Å². The van der Waals surface area contributed by atoms with Crippen molar-refractivity contribution in [1.82, 2.24) is 5.43 Å². The van der Waals surface area contributed by atoms with Gasteiger partial charge in [-0.1, -0.05) is 77.5 Å². The summed E-state index contributed by atoms with van der Waals surface area (Å²) in [6, 6.07) is 25.9. The van der Waals surface area contributed by atoms with E-state index < -0.39 is 6.10 Å². The Bertz CT molecular complexity index is 1180. The van der Waals surface area contributed by atoms with Crippen LogP contribution in [0.2, 0.25) is 0 Å². The number of benzene rings is 4. The van der Waals surface area contributed by atoms with Gasteiger partial charge in [0.25, 0.3) is 5.91 Å². The Morgan fingerprint density at radius 1 is 1.00 bits per heavy atom. The molecule has 4 nitrogen and oxygen atoms in total. The number of fused-ring (bicyclic) bond motifs is 2. The highest BCUT2D eigenvalue weighted by molar-refractivity contribution is 9.10. The lowest BCUT2D eigenvalue weighted by Gasteiger charge is -2.16. The molecule has 4 rings (SSSR count). The van der Waals surface area contributed by atoms with Crippen LogP contribution in [-0.4, -0.2) is 18.2 Å². The molecule has 0 radical (unpaired) electrons. The van der Waals surface area contributed by atoms with Crippen LogP contribution in [0.4, 0.5) is 0 Å². The Morgan fingerprint density at radius 3 is 2.30 bits per heavy atom. The molecule has 4 aromatic carbocycles. The van der Waals surface area contributed by atoms with Crippen molar-refractivity contribution >= 4 is 49.6 Å². The second-order valence-corrected chi connectivity index (χ2v) is 7.85. The van der Waals surface area contributed by atoms with Gasteiger partial charge in [-0.25, -0.2) is 5.43 Å². The zero-order valence-corrected chi connectivity index (χ0v) is 18.1. The van der Waals surface area contributed by atoms with E-state index in [4.69, 9.17) is 4.74 Å². The molecule has 0 saturated heterocycles. The SMILES string of the molecule is CC[C@@H](Oc1cccc(Br)c1)C(=O)N/N=C\c1c2ccccc2cc2ccccc12. The molecular formula is C25H21BrN2O2. The second kappa shape index (κ2) is 9.09. The van der Waals surface area contributed by atoms with E-state index in [0.29, 0.717) is 12.2 Å². The van der Waals surface area contributed by atoms with Gasteiger partial charge in [-0.15, -0.1) is 0 Å². The van der Waals surface area contributed by atoms with Gasteiger partial charge in [-0.05, 0) is 52.2 Å². The molecule has 0 bridgehead atoms. The summed E-state index contributed by atoms with van der Waals surface area (Å²) in [5, 5.41) is 8.70. The maximum absolute atomic E-state index is 12.6. The number of carbonyl (C=O) groups excluding carboxylic acids is 1. The van der Waals surface area contributed by atoms with Crippen molar-refractivity contribution in [3.63, 3.8) is 0 Å². The summed E-state index contributed by atoms with van der Waals surface area (Å²) in [5.41, 5.74) is 3.62. The maximum atomic E-state index is 12.6. The lowest BCUT2D eigenvalue weighted by Crippen LogP contribution is -2.35. The average molecular weight is 461 g/mol. The van der Waals surface area contributed by atoms with E-state index in [1.807, 2.05) is 55.5 Å². The molecule has 5 heteroatoms. The Kier molecular flexibility index (Phi) is 6.10. The van der Waals surface area contributed by atoms with Gasteiger partial charge < -0.3 is 4.74 Å². The number of hydrazone groups is 1. The predicted molar refractivity (Wildman–Crippen MR) is 126 cm³/mol. The summed E-state index contributed by atoms with van der Waals surface area (Å²) in [7, 11) is 0. The number of hydrogen-bond acceptors (Lipinski definition) is 3. The van der Waals surface area contributed by atoms with Gasteiger partial charge >= 0.3 is 0 Å². The van der Waals surface area contributed by atoms with Gasteiger partial charge in [0, 0.05) is 10.0 Å². The van der Waals surface area contributed by atoms with Crippen molar-refractivity contribution < 1.29 is 9.53 Å². The quantitative estimate of drug-likeness (QED) is 0.216. The Balaban J connectivity index is 1.57. The van der Waals surface area contributed by atoms with Crippen LogP contribution in [-0.2, 0) is 4.79 Å². The van der Waals surface area contributed by atoms with Gasteiger partial charge in [-0.2, -0.15) is 5.10 Å². The molecule has 0 saturated carbocycles. The first-order valence-corrected chi connectivity index (χ1v) is 10.6. The van der Waals surface area contributed by atoms with Gasteiger partial charge in [-0.3, -0.25) is 4.79 Å². The Labute approximate surface area is 183 Å². The van der Waals surface area contributed by atoms with Crippen LogP contribution in [0.5, 0.6) is 5.75 Å². The monoisotopic (exact) mass is 460 g/mol. The molecule has 30 heavy (non-hydrogen) atoms. The third-order valence-electron chi connectivity index (χ3n) is 4.92. The van der Waals surface area contributed by atoms with Crippen LogP contribution < -0.4 is 10.2 Å². The number of nitrogens with zero attached hydrogens (tertiary/aromatic N) is 1. The van der Waals surface area contributed by atoms with Crippen molar-refractivity contribution in [1.29, 1.82) is 0 Å². The van der Waals surface area contributed by atoms with Crippen LogP contribution in [0, 0.1) is 0 Å². The molecule has 0 aliphatic carbocycles. The van der Waals surface area contributed by atoms with E-state index in [1.165, 1.54) is 0 Å². The highest BCUT2D eigenvalue weighted by Crippen LogP contribution is 2.27. The molecular weight excluding hydrogens is 440 g/mol. The summed E-state index contributed by atoms with van der Waals surface area (Å²) in [6.45, 7) is 1.91. The molecule has 1 N–H and O–H groups in total. The molecule has 0 heterocycles. The Morgan fingerprint density at radius 2 is 1.67 bits per heavy atom. The highest BCUT2D eigenvalue weighted by atomic mass is 79.9. The molecule has 150 valence electrons. The first-order valence-electron chi connectivity index (χ1n) is 9.81. The first-order chi connectivity index (χ1) is 14.7. The van der Waals surface area contributed by atoms with Gasteiger partial charge in [0.1, 0.15) is 5.75 Å². The lowest BCUT2D eigenvalue weighted by atomic mass is 9.97. The van der Waals surface area contributed by atoms with Crippen molar-refractivity contribution in [2.45, 2.75) is 19.4 Å². The number of nitrogens with one attached hydrogen (secondary N) is 1. The maximum Gasteiger partial charge on any atom is 0.281 e. The van der Waals surface area contributed by atoms with Gasteiger partial charge in [0.15, 0.2) is 6.10 Å². The van der Waals surface area contributed by atoms with E-state index >= 15 is 0 Å². The van der Waals surface area contributed by atoms with Crippen LogP contribution in [0.1, 0.15) is 18.9 Å². The Hall–Kier alpha value is -3.18. The molecule has 0 unspecified atom stereocenters. The number of hydrogen-bond donors (Lipinski definition) is 1. The number of carbonyl (C=O) groups is 1. The fourth-order valence-corrected chi connectivity index (χ4v) is 3.83. The minimum absolute atomic E-state index is 0.279. The van der Waals surface area contributed by atoms with E-state index in [1.54, 1.807) is 6.21 Å². The second-order valence-electron chi connectivity index (χ2n) is 6.94. The van der Waals surface area contributed by atoms with E-state index in [-0.39, 0.29) is 5.91 Å². The van der Waals surface area contributed by atoms with E-state index in [0.717, 1.165) is 31.6 Å². The minimum atomic E-state index is -0.624. The number of halogens is 1. The van der Waals surface area contributed by atoms with Crippen molar-refractivity contribution in [3.05, 3.63) is 88.9 Å². The summed E-state index contributed by atoms with van der Waals surface area (Å²) in [4.78, 5) is 12.6. The molecule has 4 aromatic rings. The predicted octanol–water partition coefficient (Wildman–Crippen LogP) is 6.06. The normalized spacial score (nSPS) is 12.3. The number of ether oxygens (including phenoxy) is 1. The molecule has 1 atom stereocenters. The topological polar surface area (TPSA) is 50.7 Å². The average Bonchev–Trinajstić information content (AvgIpc) is 2.77. The lowest BCUT2D eigenvalue weighted by molar-refractivity contribution is -0.128. The summed E-state index contributed by atoms with van der Waals surface area (Å²) in [5.74, 6) is 0.355. The third kappa shape index (κ3) is 4.36. The zero-order chi connectivity index (χ0) is 20.9. The van der Waals surface area contributed by atoms with Gasteiger partial charge in [0.05, 0.1) is 6.21 Å². The smallest absolute Gasteiger partial charge is 0.281 e. The van der Waals surface area contributed by atoms with Crippen LogP contribution in [0.15, 0.2) is 88.4 Å². The zero-order valence-electron chi connectivity index (χ0n) is 16.5. The molecule has 0 aliphatic rings. The van der Waals surface area contributed by atoms with Crippen LogP contribution >= 0.6 is 15.9 Å². The molecule has 0 aliphatic heterocycles. The van der Waals surface area contributed by atoms with Crippen LogP contribution in [0.25, 0.3) is 21.5 Å². The molecule has 0 fully saturated rings. The fourth-order valence-electron chi connectivity index (χ4n) is 3.45. The number of rotatable bonds is 6. The third-order valence-corrected chi connectivity index (χ3v) is 5.41. The van der Waals surface area contributed by atoms with Crippen molar-refractivity contribution in [3.8, 4) is 5.75 Å². The fraction of sp³-hybridized carbons (Fsp3) is 0.120. The largest absolute Gasteiger partial charge is 0.481 e. The number of amides is 1. The minimum Gasteiger partial charge on any atom is -0.481 e. The highest BCUT2D eigenvalue weighted by Gasteiger charge is 2.18. The standard InChI is InChI=1S/C25H21BrN2O2/c1-2-24(30-20-11-7-10-19(26)15-20)25(29)28-27-16-23-21-12-5-3-8-17(21)14-18-9-4-6-13-22(18)23/h3-16,24H,2H2,1H3,(H,28,29)/b27-16-/t24-/m1/s1. The first kappa shape index (κ1) is 20.1.